The quantitative estimate of drug-likeness (QED) is 0.417. The van der Waals surface area contributed by atoms with Gasteiger partial charge >= 0.3 is 0 Å². The van der Waals surface area contributed by atoms with Crippen LogP contribution >= 0.6 is 0 Å². The molecule has 154 valence electrons. The van der Waals surface area contributed by atoms with Gasteiger partial charge in [0.2, 0.25) is 0 Å². The van der Waals surface area contributed by atoms with Crippen molar-refractivity contribution in [3.63, 3.8) is 0 Å². The number of anilines is 2. The molecule has 0 bridgehead atoms. The number of nitrogens with zero attached hydrogens (tertiary/aromatic N) is 4. The van der Waals surface area contributed by atoms with E-state index in [1.165, 1.54) is 0 Å². The predicted octanol–water partition coefficient (Wildman–Crippen LogP) is 2.27. The molecule has 0 unspecified atom stereocenters. The molecule has 0 aliphatic carbocycles. The van der Waals surface area contributed by atoms with Crippen LogP contribution in [0.3, 0.4) is 0 Å². The fraction of sp³-hybridized carbons (Fsp3) is 0.0909. The lowest BCUT2D eigenvalue weighted by Gasteiger charge is -2.12. The molecule has 0 saturated carbocycles. The molecular weight excluding hydrogens is 394 g/mol. The Labute approximate surface area is 175 Å². The SMILES string of the molecule is CN(C)c1ccc(-c2nn(-c3ccccc3)c3nc4c(=O)[nH][nH]c(=O)c4c(N)c23)cc1. The Morgan fingerprint density at radius 1 is 0.903 bits per heavy atom. The average Bonchev–Trinajstić information content (AvgIpc) is 3.17. The molecule has 0 spiro atoms. The highest BCUT2D eigenvalue weighted by Gasteiger charge is 2.22. The molecule has 0 aliphatic heterocycles. The lowest BCUT2D eigenvalue weighted by Crippen LogP contribution is -2.21. The summed E-state index contributed by atoms with van der Waals surface area (Å²) in [5.41, 5.74) is 9.16. The first-order valence-corrected chi connectivity index (χ1v) is 9.62. The minimum absolute atomic E-state index is 0.0275. The van der Waals surface area contributed by atoms with Crippen molar-refractivity contribution in [2.24, 2.45) is 0 Å². The molecule has 0 aliphatic rings. The van der Waals surface area contributed by atoms with Gasteiger partial charge in [-0.1, -0.05) is 30.3 Å². The normalized spacial score (nSPS) is 11.3. The van der Waals surface area contributed by atoms with Crippen molar-refractivity contribution in [1.29, 1.82) is 0 Å². The van der Waals surface area contributed by atoms with Gasteiger partial charge in [-0.05, 0) is 24.3 Å². The number of fused-ring (bicyclic) bond motifs is 2. The zero-order valence-electron chi connectivity index (χ0n) is 16.9. The summed E-state index contributed by atoms with van der Waals surface area (Å²) >= 11 is 0. The molecule has 0 fully saturated rings. The van der Waals surface area contributed by atoms with Crippen molar-refractivity contribution in [3.8, 4) is 16.9 Å². The largest absolute Gasteiger partial charge is 0.397 e. The van der Waals surface area contributed by atoms with Crippen LogP contribution in [0.25, 0.3) is 38.9 Å². The highest BCUT2D eigenvalue weighted by Crippen LogP contribution is 2.35. The second kappa shape index (κ2) is 6.84. The van der Waals surface area contributed by atoms with Gasteiger partial charge in [-0.15, -0.1) is 0 Å². The summed E-state index contributed by atoms with van der Waals surface area (Å²) in [7, 11) is 3.93. The minimum atomic E-state index is -0.527. The van der Waals surface area contributed by atoms with E-state index in [-0.39, 0.29) is 16.6 Å². The van der Waals surface area contributed by atoms with Crippen molar-refractivity contribution in [1.82, 2.24) is 25.0 Å². The monoisotopic (exact) mass is 413 g/mol. The van der Waals surface area contributed by atoms with Gasteiger partial charge < -0.3 is 10.6 Å². The topological polar surface area (TPSA) is 126 Å². The van der Waals surface area contributed by atoms with Crippen LogP contribution in [0.1, 0.15) is 0 Å². The molecule has 9 heteroatoms. The molecule has 31 heavy (non-hydrogen) atoms. The Bertz CT molecular complexity index is 1550. The molecular formula is C22H19N7O2. The van der Waals surface area contributed by atoms with E-state index in [9.17, 15) is 9.59 Å². The van der Waals surface area contributed by atoms with Crippen LogP contribution < -0.4 is 21.8 Å². The van der Waals surface area contributed by atoms with E-state index in [0.717, 1.165) is 16.9 Å². The standard InChI is InChI=1S/C22H19N7O2/c1-28(2)13-10-8-12(9-11-13)18-15-17(23)16-19(22(31)26-25-21(16)30)24-20(15)29(27-18)14-6-4-3-5-7-14/h3-11H,1-2H3,(H2,23,24)(H,25,30)(H,26,31). The maximum atomic E-state index is 12.5. The van der Waals surface area contributed by atoms with Gasteiger partial charge in [-0.2, -0.15) is 5.10 Å². The first kappa shape index (κ1) is 18.6. The molecule has 4 N–H and O–H groups in total. The van der Waals surface area contributed by atoms with E-state index in [1.54, 1.807) is 4.68 Å². The van der Waals surface area contributed by atoms with Gasteiger partial charge in [0, 0.05) is 25.3 Å². The molecule has 0 amide bonds. The van der Waals surface area contributed by atoms with Gasteiger partial charge in [-0.25, -0.2) is 9.67 Å². The molecule has 3 heterocycles. The first-order chi connectivity index (χ1) is 15.0. The van der Waals surface area contributed by atoms with Crippen molar-refractivity contribution in [2.45, 2.75) is 0 Å². The number of para-hydroxylation sites is 1. The summed E-state index contributed by atoms with van der Waals surface area (Å²) in [5.74, 6) is 0. The van der Waals surface area contributed by atoms with E-state index < -0.39 is 11.1 Å². The van der Waals surface area contributed by atoms with Crippen LogP contribution in [-0.4, -0.2) is 39.1 Å². The third-order valence-corrected chi connectivity index (χ3v) is 5.24. The molecule has 3 aromatic heterocycles. The average molecular weight is 413 g/mol. The Morgan fingerprint density at radius 3 is 2.26 bits per heavy atom. The number of nitrogens with one attached hydrogen (secondary N) is 2. The third kappa shape index (κ3) is 2.86. The molecule has 5 rings (SSSR count). The Hall–Kier alpha value is -4.40. The number of aromatic amines is 2. The van der Waals surface area contributed by atoms with Gasteiger partial charge in [-0.3, -0.25) is 19.8 Å². The van der Waals surface area contributed by atoms with Crippen LogP contribution in [0.4, 0.5) is 11.4 Å². The zero-order chi connectivity index (χ0) is 21.7. The number of H-pyrrole nitrogens is 2. The summed E-state index contributed by atoms with van der Waals surface area (Å²) in [6, 6.07) is 17.3. The summed E-state index contributed by atoms with van der Waals surface area (Å²) in [6.07, 6.45) is 0. The highest BCUT2D eigenvalue weighted by atomic mass is 16.1. The smallest absolute Gasteiger partial charge is 0.289 e. The molecule has 5 aromatic rings. The number of hydrogen-bond acceptors (Lipinski definition) is 6. The Kier molecular flexibility index (Phi) is 4.11. The van der Waals surface area contributed by atoms with E-state index >= 15 is 0 Å². The fourth-order valence-corrected chi connectivity index (χ4v) is 3.67. The summed E-state index contributed by atoms with van der Waals surface area (Å²) in [5, 5.41) is 9.98. The number of benzene rings is 2. The number of hydrogen-bond donors (Lipinski definition) is 3. The van der Waals surface area contributed by atoms with Crippen molar-refractivity contribution < 1.29 is 0 Å². The fourth-order valence-electron chi connectivity index (χ4n) is 3.67. The highest BCUT2D eigenvalue weighted by molar-refractivity contribution is 6.10. The van der Waals surface area contributed by atoms with Crippen molar-refractivity contribution >= 4 is 33.3 Å². The predicted molar refractivity (Wildman–Crippen MR) is 122 cm³/mol. The molecule has 2 aromatic carbocycles. The molecule has 9 nitrogen and oxygen atoms in total. The lowest BCUT2D eigenvalue weighted by atomic mass is 10.1. The van der Waals surface area contributed by atoms with Crippen LogP contribution in [0.5, 0.6) is 0 Å². The third-order valence-electron chi connectivity index (χ3n) is 5.24. The molecule has 0 radical (unpaired) electrons. The van der Waals surface area contributed by atoms with E-state index in [4.69, 9.17) is 10.8 Å². The van der Waals surface area contributed by atoms with Crippen molar-refractivity contribution in [2.75, 3.05) is 24.7 Å². The van der Waals surface area contributed by atoms with Gasteiger partial charge in [0.15, 0.2) is 5.65 Å². The molecule has 0 saturated heterocycles. The van der Waals surface area contributed by atoms with Crippen LogP contribution in [-0.2, 0) is 0 Å². The zero-order valence-corrected chi connectivity index (χ0v) is 16.9. The van der Waals surface area contributed by atoms with Crippen LogP contribution in [0.15, 0.2) is 64.2 Å². The van der Waals surface area contributed by atoms with Gasteiger partial charge in [0.1, 0.15) is 11.2 Å². The van der Waals surface area contributed by atoms with Crippen molar-refractivity contribution in [3.05, 3.63) is 75.3 Å². The summed E-state index contributed by atoms with van der Waals surface area (Å²) in [4.78, 5) is 31.4. The van der Waals surface area contributed by atoms with Gasteiger partial charge in [0.05, 0.1) is 22.1 Å². The number of nitrogens with two attached hydrogens (primary N) is 1. The number of aromatic nitrogens is 5. The lowest BCUT2D eigenvalue weighted by molar-refractivity contribution is 0.901. The maximum Gasteiger partial charge on any atom is 0.289 e. The Morgan fingerprint density at radius 2 is 1.58 bits per heavy atom. The van der Waals surface area contributed by atoms with Gasteiger partial charge in [0.25, 0.3) is 11.1 Å². The maximum absolute atomic E-state index is 12.5. The first-order valence-electron chi connectivity index (χ1n) is 9.62. The summed E-state index contributed by atoms with van der Waals surface area (Å²) < 4.78 is 1.64. The number of nitrogen functional groups attached to an aromatic ring is 1. The minimum Gasteiger partial charge on any atom is -0.397 e. The van der Waals surface area contributed by atoms with E-state index in [1.807, 2.05) is 73.6 Å². The van der Waals surface area contributed by atoms with E-state index in [2.05, 4.69) is 15.2 Å². The van der Waals surface area contributed by atoms with E-state index in [0.29, 0.717) is 16.7 Å². The molecule has 0 atom stereocenters. The van der Waals surface area contributed by atoms with Crippen LogP contribution in [0.2, 0.25) is 0 Å². The van der Waals surface area contributed by atoms with Crippen LogP contribution in [0, 0.1) is 0 Å². The number of rotatable bonds is 3. The Balaban J connectivity index is 1.91. The summed E-state index contributed by atoms with van der Waals surface area (Å²) in [6.45, 7) is 0. The second-order valence-corrected chi connectivity index (χ2v) is 7.39. The number of pyridine rings is 1. The second-order valence-electron chi connectivity index (χ2n) is 7.39.